The Kier molecular flexibility index (Phi) is 4.11. The molecule has 0 unspecified atom stereocenters. The van der Waals surface area contributed by atoms with Crippen molar-refractivity contribution in [2.24, 2.45) is 5.41 Å². The van der Waals surface area contributed by atoms with Crippen molar-refractivity contribution in [2.45, 2.75) is 20.8 Å². The zero-order chi connectivity index (χ0) is 17.3. The predicted molar refractivity (Wildman–Crippen MR) is 94.5 cm³/mol. The monoisotopic (exact) mass is 344 g/mol. The van der Waals surface area contributed by atoms with Crippen LogP contribution in [0.3, 0.4) is 0 Å². The van der Waals surface area contributed by atoms with Crippen molar-refractivity contribution in [3.05, 3.63) is 35.6 Å². The quantitative estimate of drug-likeness (QED) is 0.672. The molecule has 8 heteroatoms. The summed E-state index contributed by atoms with van der Waals surface area (Å²) in [5.41, 5.74) is 0.761. The van der Waals surface area contributed by atoms with Crippen molar-refractivity contribution in [2.75, 3.05) is 10.6 Å². The number of nitrogens with zero attached hydrogens (tertiary/aromatic N) is 3. The van der Waals surface area contributed by atoms with Crippen LogP contribution in [0.5, 0.6) is 0 Å². The van der Waals surface area contributed by atoms with E-state index in [4.69, 9.17) is 11.6 Å². The maximum absolute atomic E-state index is 12.2. The van der Waals surface area contributed by atoms with Crippen LogP contribution >= 0.6 is 11.6 Å². The second kappa shape index (κ2) is 6.09. The number of hydrogen-bond acceptors (Lipinski definition) is 5. The molecule has 2 aromatic heterocycles. The normalized spacial score (nSPS) is 11.5. The number of halogens is 1. The van der Waals surface area contributed by atoms with Gasteiger partial charge < -0.3 is 10.6 Å². The van der Waals surface area contributed by atoms with Crippen molar-refractivity contribution in [1.29, 1.82) is 0 Å². The van der Waals surface area contributed by atoms with Crippen molar-refractivity contribution in [1.82, 2.24) is 20.2 Å². The number of carbonyl (C=O) groups is 1. The molecule has 3 rings (SSSR count). The van der Waals surface area contributed by atoms with Crippen molar-refractivity contribution in [3.63, 3.8) is 0 Å². The molecule has 1 aromatic carbocycles. The molecule has 0 aliphatic carbocycles. The Balaban J connectivity index is 1.99. The third-order valence-corrected chi connectivity index (χ3v) is 3.59. The molecule has 3 aromatic rings. The second-order valence-corrected chi connectivity index (χ2v) is 6.79. The Bertz CT molecular complexity index is 899. The number of rotatable bonds is 3. The van der Waals surface area contributed by atoms with Gasteiger partial charge in [-0.05, 0) is 18.2 Å². The molecule has 0 bridgehead atoms. The van der Waals surface area contributed by atoms with Gasteiger partial charge in [0.2, 0.25) is 5.91 Å². The van der Waals surface area contributed by atoms with Crippen LogP contribution < -0.4 is 10.6 Å². The maximum Gasteiger partial charge on any atom is 0.230 e. The highest BCUT2D eigenvalue weighted by Gasteiger charge is 2.24. The van der Waals surface area contributed by atoms with Crippen molar-refractivity contribution < 1.29 is 4.79 Å². The van der Waals surface area contributed by atoms with E-state index >= 15 is 0 Å². The highest BCUT2D eigenvalue weighted by atomic mass is 35.5. The molecule has 0 fully saturated rings. The van der Waals surface area contributed by atoms with Gasteiger partial charge in [-0.15, -0.1) is 0 Å². The molecule has 0 aliphatic heterocycles. The zero-order valence-corrected chi connectivity index (χ0v) is 14.3. The summed E-state index contributed by atoms with van der Waals surface area (Å²) in [6.07, 6.45) is 1.42. The number of anilines is 3. The van der Waals surface area contributed by atoms with Gasteiger partial charge in [0.05, 0.1) is 0 Å². The number of aromatic amines is 1. The lowest BCUT2D eigenvalue weighted by atomic mass is 9.96. The van der Waals surface area contributed by atoms with Gasteiger partial charge in [-0.25, -0.2) is 9.97 Å². The standard InChI is InChI=1S/C16H17ClN6O/c1-16(2,3)15(24)21-14-11-12(18-8-19-13(11)22-23-14)20-10-6-4-5-9(17)7-10/h4-8H,1-3H3,(H3,18,19,20,21,22,23,24). The summed E-state index contributed by atoms with van der Waals surface area (Å²) in [6.45, 7) is 5.50. The molecule has 1 amide bonds. The van der Waals surface area contributed by atoms with Gasteiger partial charge >= 0.3 is 0 Å². The number of fused-ring (bicyclic) bond motifs is 1. The lowest BCUT2D eigenvalue weighted by Crippen LogP contribution is -2.27. The molecule has 24 heavy (non-hydrogen) atoms. The van der Waals surface area contributed by atoms with Crippen LogP contribution in [0.4, 0.5) is 17.3 Å². The van der Waals surface area contributed by atoms with Gasteiger partial charge in [-0.2, -0.15) is 5.10 Å². The first-order chi connectivity index (χ1) is 11.3. The predicted octanol–water partition coefficient (Wildman–Crippen LogP) is 3.73. The number of benzene rings is 1. The fourth-order valence-corrected chi connectivity index (χ4v) is 2.23. The molecule has 3 N–H and O–H groups in total. The molecule has 0 spiro atoms. The maximum atomic E-state index is 12.2. The van der Waals surface area contributed by atoms with Crippen LogP contribution in [-0.2, 0) is 4.79 Å². The number of amides is 1. The molecule has 7 nitrogen and oxygen atoms in total. The lowest BCUT2D eigenvalue weighted by molar-refractivity contribution is -0.123. The Morgan fingerprint density at radius 3 is 2.71 bits per heavy atom. The number of H-pyrrole nitrogens is 1. The molecular weight excluding hydrogens is 328 g/mol. The SMILES string of the molecule is CC(C)(C)C(=O)Nc1n[nH]c2ncnc(Nc3cccc(Cl)c3)c12. The molecule has 0 radical (unpaired) electrons. The van der Waals surface area contributed by atoms with E-state index in [0.29, 0.717) is 27.7 Å². The summed E-state index contributed by atoms with van der Waals surface area (Å²) < 4.78 is 0. The fraction of sp³-hybridized carbons (Fsp3) is 0.250. The average Bonchev–Trinajstić information content (AvgIpc) is 2.90. The molecular formula is C16H17ClN6O. The summed E-state index contributed by atoms with van der Waals surface area (Å²) in [5.74, 6) is 0.767. The van der Waals surface area contributed by atoms with E-state index in [9.17, 15) is 4.79 Å². The highest BCUT2D eigenvalue weighted by Crippen LogP contribution is 2.29. The highest BCUT2D eigenvalue weighted by molar-refractivity contribution is 6.30. The van der Waals surface area contributed by atoms with Crippen molar-refractivity contribution in [3.8, 4) is 0 Å². The van der Waals surface area contributed by atoms with Gasteiger partial charge in [-0.1, -0.05) is 38.4 Å². The molecule has 0 atom stereocenters. The third kappa shape index (κ3) is 3.30. The van der Waals surface area contributed by atoms with Crippen molar-refractivity contribution >= 4 is 45.9 Å². The Morgan fingerprint density at radius 1 is 1.21 bits per heavy atom. The first-order valence-electron chi connectivity index (χ1n) is 7.38. The largest absolute Gasteiger partial charge is 0.339 e. The van der Waals surface area contributed by atoms with Crippen LogP contribution in [0.2, 0.25) is 5.02 Å². The van der Waals surface area contributed by atoms with Crippen LogP contribution in [0.25, 0.3) is 11.0 Å². The Hall–Kier alpha value is -2.67. The first-order valence-corrected chi connectivity index (χ1v) is 7.75. The van der Waals surface area contributed by atoms with Gasteiger partial charge in [0, 0.05) is 16.1 Å². The van der Waals surface area contributed by atoms with Gasteiger partial charge in [-0.3, -0.25) is 9.89 Å². The average molecular weight is 345 g/mol. The summed E-state index contributed by atoms with van der Waals surface area (Å²) in [4.78, 5) is 20.6. The number of carbonyl (C=O) groups excluding carboxylic acids is 1. The lowest BCUT2D eigenvalue weighted by Gasteiger charge is -2.16. The smallest absolute Gasteiger partial charge is 0.230 e. The van der Waals surface area contributed by atoms with Gasteiger partial charge in [0.25, 0.3) is 0 Å². The van der Waals surface area contributed by atoms with E-state index in [1.807, 2.05) is 32.9 Å². The third-order valence-electron chi connectivity index (χ3n) is 3.36. The first kappa shape index (κ1) is 16.2. The molecule has 0 saturated heterocycles. The van der Waals surface area contributed by atoms with Crippen LogP contribution in [0.1, 0.15) is 20.8 Å². The minimum absolute atomic E-state index is 0.145. The van der Waals surface area contributed by atoms with Gasteiger partial charge in [0.1, 0.15) is 17.5 Å². The molecule has 0 aliphatic rings. The van der Waals surface area contributed by atoms with E-state index in [1.54, 1.807) is 12.1 Å². The van der Waals surface area contributed by atoms with E-state index in [0.717, 1.165) is 5.69 Å². The topological polar surface area (TPSA) is 95.6 Å². The Labute approximate surface area is 143 Å². The van der Waals surface area contributed by atoms with Crippen LogP contribution in [0.15, 0.2) is 30.6 Å². The molecule has 124 valence electrons. The molecule has 2 heterocycles. The van der Waals surface area contributed by atoms with Crippen LogP contribution in [0, 0.1) is 5.41 Å². The number of nitrogens with one attached hydrogen (secondary N) is 3. The zero-order valence-electron chi connectivity index (χ0n) is 13.5. The summed E-state index contributed by atoms with van der Waals surface area (Å²) >= 11 is 6.01. The minimum Gasteiger partial charge on any atom is -0.339 e. The summed E-state index contributed by atoms with van der Waals surface area (Å²) in [6, 6.07) is 7.27. The van der Waals surface area contributed by atoms with E-state index in [-0.39, 0.29) is 5.91 Å². The molecule has 0 saturated carbocycles. The van der Waals surface area contributed by atoms with E-state index in [1.165, 1.54) is 6.33 Å². The second-order valence-electron chi connectivity index (χ2n) is 6.36. The summed E-state index contributed by atoms with van der Waals surface area (Å²) in [7, 11) is 0. The number of aromatic nitrogens is 4. The minimum atomic E-state index is -0.540. The van der Waals surface area contributed by atoms with E-state index < -0.39 is 5.41 Å². The van der Waals surface area contributed by atoms with Crippen LogP contribution in [-0.4, -0.2) is 26.1 Å². The number of hydrogen-bond donors (Lipinski definition) is 3. The van der Waals surface area contributed by atoms with E-state index in [2.05, 4.69) is 30.8 Å². The Morgan fingerprint density at radius 2 is 2.00 bits per heavy atom. The van der Waals surface area contributed by atoms with Gasteiger partial charge in [0.15, 0.2) is 11.5 Å². The summed E-state index contributed by atoms with van der Waals surface area (Å²) in [5, 5.41) is 14.2. The fourth-order valence-electron chi connectivity index (χ4n) is 2.04.